The quantitative estimate of drug-likeness (QED) is 0.221. The molecule has 42 heavy (non-hydrogen) atoms. The number of rotatable bonds is 3. The van der Waals surface area contributed by atoms with Crippen LogP contribution in [0.3, 0.4) is 0 Å². The molecule has 1 aliphatic carbocycles. The molecule has 1 aliphatic rings. The minimum absolute atomic E-state index is 0.948. The van der Waals surface area contributed by atoms with Gasteiger partial charge in [-0.3, -0.25) is 0 Å². The lowest BCUT2D eigenvalue weighted by atomic mass is 9.93. The Bertz CT molecular complexity index is 2560. The largest absolute Gasteiger partial charge is 0.456 e. The molecule has 0 amide bonds. The van der Waals surface area contributed by atoms with Crippen molar-refractivity contribution in [2.75, 3.05) is 0 Å². The highest BCUT2D eigenvalue weighted by molar-refractivity contribution is 6.37. The Kier molecular flexibility index (Phi) is 4.21. The maximum absolute atomic E-state index is 6.43. The van der Waals surface area contributed by atoms with Crippen molar-refractivity contribution in [3.8, 4) is 39.1 Å². The van der Waals surface area contributed by atoms with Gasteiger partial charge in [-0.1, -0.05) is 109 Å². The third-order valence-corrected chi connectivity index (χ3v) is 9.13. The summed E-state index contributed by atoms with van der Waals surface area (Å²) < 4.78 is 8.91. The van der Waals surface area contributed by atoms with Crippen LogP contribution in [0.2, 0.25) is 0 Å². The van der Waals surface area contributed by atoms with Crippen molar-refractivity contribution in [2.45, 2.75) is 0 Å². The van der Waals surface area contributed by atoms with Gasteiger partial charge in [0.2, 0.25) is 0 Å². The van der Waals surface area contributed by atoms with Crippen LogP contribution in [0.5, 0.6) is 0 Å². The molecule has 2 heteroatoms. The van der Waals surface area contributed by atoms with Gasteiger partial charge in [0.25, 0.3) is 0 Å². The van der Waals surface area contributed by atoms with Gasteiger partial charge in [0.15, 0.2) is 0 Å². The first-order valence-electron chi connectivity index (χ1n) is 14.5. The number of hydrogen-bond acceptors (Lipinski definition) is 1. The van der Waals surface area contributed by atoms with Crippen molar-refractivity contribution in [3.63, 3.8) is 0 Å². The van der Waals surface area contributed by atoms with Crippen LogP contribution in [0.25, 0.3) is 93.6 Å². The molecule has 2 heterocycles. The van der Waals surface area contributed by atoms with Crippen LogP contribution in [0, 0.1) is 0 Å². The highest BCUT2D eigenvalue weighted by Crippen LogP contribution is 2.51. The lowest BCUT2D eigenvalue weighted by molar-refractivity contribution is 0.669. The van der Waals surface area contributed by atoms with Gasteiger partial charge in [0.05, 0.1) is 16.7 Å². The number of aromatic nitrogens is 1. The van der Waals surface area contributed by atoms with Crippen LogP contribution in [0.1, 0.15) is 0 Å². The van der Waals surface area contributed by atoms with E-state index in [9.17, 15) is 0 Å². The number of benzene rings is 7. The summed E-state index contributed by atoms with van der Waals surface area (Å²) in [5, 5.41) is 7.58. The van der Waals surface area contributed by atoms with Gasteiger partial charge >= 0.3 is 0 Å². The zero-order valence-corrected chi connectivity index (χ0v) is 22.6. The van der Waals surface area contributed by atoms with Crippen molar-refractivity contribution in [2.24, 2.45) is 0 Å². The number of fused-ring (bicyclic) bond motifs is 1. The minimum atomic E-state index is 0.948. The van der Waals surface area contributed by atoms with Gasteiger partial charge in [0, 0.05) is 32.5 Å². The predicted octanol–water partition coefficient (Wildman–Crippen LogP) is 11.2. The second kappa shape index (κ2) is 7.99. The zero-order chi connectivity index (χ0) is 27.4. The molecule has 0 unspecified atom stereocenters. The van der Waals surface area contributed by atoms with Gasteiger partial charge in [-0.2, -0.15) is 0 Å². The molecule has 2 aromatic heterocycles. The van der Waals surface area contributed by atoms with E-state index in [4.69, 9.17) is 4.42 Å². The molecule has 0 aliphatic heterocycles. The molecular formula is C40H23NO. The first-order chi connectivity index (χ1) is 20.9. The second-order valence-electron chi connectivity index (χ2n) is 11.2. The van der Waals surface area contributed by atoms with Crippen molar-refractivity contribution in [1.29, 1.82) is 0 Å². The highest BCUT2D eigenvalue weighted by Gasteiger charge is 2.26. The van der Waals surface area contributed by atoms with E-state index in [-0.39, 0.29) is 0 Å². The number of furan rings is 1. The fourth-order valence-electron chi connectivity index (χ4n) is 7.46. The van der Waals surface area contributed by atoms with Crippen LogP contribution in [0.15, 0.2) is 144 Å². The third-order valence-electron chi connectivity index (χ3n) is 9.13. The van der Waals surface area contributed by atoms with E-state index >= 15 is 0 Å². The van der Waals surface area contributed by atoms with Gasteiger partial charge in [-0.05, 0) is 63.5 Å². The van der Waals surface area contributed by atoms with Gasteiger partial charge in [-0.15, -0.1) is 0 Å². The summed E-state index contributed by atoms with van der Waals surface area (Å²) in [6.45, 7) is 0. The normalized spacial score (nSPS) is 12.3. The number of hydrogen-bond donors (Lipinski definition) is 0. The number of para-hydroxylation sites is 1. The summed E-state index contributed by atoms with van der Waals surface area (Å²) in [6.07, 6.45) is 0. The smallest absolute Gasteiger partial charge is 0.136 e. The standard InChI is InChI=1S/C40H23NO/c1-2-10-24(11-3-1)26-12-4-5-13-27(26)28-14-6-7-17-31(28)41-32-18-8-15-29-30-16-9-19-34-38(30)40-35(42-34)23-21-25-20-22-33(41)39(36(25)40)37(29)32/h1-23H. The van der Waals surface area contributed by atoms with Crippen LogP contribution < -0.4 is 0 Å². The average molecular weight is 534 g/mol. The molecule has 0 spiro atoms. The van der Waals surface area contributed by atoms with E-state index in [1.54, 1.807) is 0 Å². The van der Waals surface area contributed by atoms with Crippen LogP contribution in [-0.4, -0.2) is 4.57 Å². The van der Waals surface area contributed by atoms with E-state index in [0.29, 0.717) is 0 Å². The van der Waals surface area contributed by atoms with Crippen LogP contribution in [0.4, 0.5) is 0 Å². The Hall–Kier alpha value is -5.60. The molecule has 0 bridgehead atoms. The Morgan fingerprint density at radius 3 is 1.88 bits per heavy atom. The van der Waals surface area contributed by atoms with E-state index < -0.39 is 0 Å². The molecule has 10 rings (SSSR count). The molecule has 9 aromatic rings. The van der Waals surface area contributed by atoms with E-state index in [2.05, 4.69) is 144 Å². The maximum Gasteiger partial charge on any atom is 0.136 e. The maximum atomic E-state index is 6.43. The van der Waals surface area contributed by atoms with E-state index in [0.717, 1.165) is 11.2 Å². The average Bonchev–Trinajstić information content (AvgIpc) is 3.57. The summed E-state index contributed by atoms with van der Waals surface area (Å²) in [5.74, 6) is 0. The summed E-state index contributed by atoms with van der Waals surface area (Å²) >= 11 is 0. The third kappa shape index (κ3) is 2.74. The minimum Gasteiger partial charge on any atom is -0.456 e. The Morgan fingerprint density at radius 1 is 0.357 bits per heavy atom. The molecule has 7 aromatic carbocycles. The van der Waals surface area contributed by atoms with Gasteiger partial charge in [-0.25, -0.2) is 0 Å². The van der Waals surface area contributed by atoms with Gasteiger partial charge in [0.1, 0.15) is 11.2 Å². The van der Waals surface area contributed by atoms with Crippen molar-refractivity contribution < 1.29 is 4.42 Å². The molecule has 0 saturated carbocycles. The summed E-state index contributed by atoms with van der Waals surface area (Å²) in [7, 11) is 0. The van der Waals surface area contributed by atoms with E-state index in [1.165, 1.54) is 82.4 Å². The molecule has 0 saturated heterocycles. The Balaban J connectivity index is 1.39. The predicted molar refractivity (Wildman–Crippen MR) is 175 cm³/mol. The molecular weight excluding hydrogens is 510 g/mol. The topological polar surface area (TPSA) is 18.1 Å². The fourth-order valence-corrected chi connectivity index (χ4v) is 7.46. The monoisotopic (exact) mass is 533 g/mol. The van der Waals surface area contributed by atoms with Crippen molar-refractivity contribution in [3.05, 3.63) is 140 Å². The van der Waals surface area contributed by atoms with E-state index in [1.807, 2.05) is 0 Å². The summed E-state index contributed by atoms with van der Waals surface area (Å²) in [5.41, 5.74) is 12.9. The van der Waals surface area contributed by atoms with Gasteiger partial charge < -0.3 is 8.98 Å². The zero-order valence-electron chi connectivity index (χ0n) is 22.6. The first-order valence-corrected chi connectivity index (χ1v) is 14.5. The first kappa shape index (κ1) is 22.1. The SMILES string of the molecule is c1ccc(-c2ccccc2-c2ccccc2-n2c3cccc4c3c3c5c(ccc6oc7cccc-4c7c65)ccc32)cc1. The lowest BCUT2D eigenvalue weighted by Gasteiger charge is -2.17. The molecule has 2 nitrogen and oxygen atoms in total. The number of nitrogens with zero attached hydrogens (tertiary/aromatic N) is 1. The molecule has 0 atom stereocenters. The van der Waals surface area contributed by atoms with Crippen molar-refractivity contribution >= 4 is 54.5 Å². The Labute approximate surface area is 241 Å². The van der Waals surface area contributed by atoms with Crippen LogP contribution in [-0.2, 0) is 0 Å². The van der Waals surface area contributed by atoms with Crippen LogP contribution >= 0.6 is 0 Å². The lowest BCUT2D eigenvalue weighted by Crippen LogP contribution is -1.98. The highest BCUT2D eigenvalue weighted by atomic mass is 16.3. The fraction of sp³-hybridized carbons (Fsp3) is 0. The summed E-state index contributed by atoms with van der Waals surface area (Å²) in [4.78, 5) is 0. The second-order valence-corrected chi connectivity index (χ2v) is 11.2. The Morgan fingerprint density at radius 2 is 1.00 bits per heavy atom. The molecule has 0 N–H and O–H groups in total. The molecule has 0 radical (unpaired) electrons. The molecule has 194 valence electrons. The molecule has 0 fully saturated rings. The van der Waals surface area contributed by atoms with Crippen molar-refractivity contribution in [1.82, 2.24) is 4.57 Å². The summed E-state index contributed by atoms with van der Waals surface area (Å²) in [6, 6.07) is 50.5.